The van der Waals surface area contributed by atoms with E-state index in [9.17, 15) is 4.39 Å². The number of halogens is 1. The molecule has 0 unspecified atom stereocenters. The highest BCUT2D eigenvalue weighted by molar-refractivity contribution is 7.98. The number of methoxy groups -OCH3 is 1. The highest BCUT2D eigenvalue weighted by Crippen LogP contribution is 2.25. The van der Waals surface area contributed by atoms with Gasteiger partial charge in [0.15, 0.2) is 5.82 Å². The van der Waals surface area contributed by atoms with Crippen LogP contribution in [0.3, 0.4) is 0 Å². The molecule has 1 heterocycles. The van der Waals surface area contributed by atoms with Crippen LogP contribution in [0.15, 0.2) is 57.9 Å². The van der Waals surface area contributed by atoms with Crippen molar-refractivity contribution < 1.29 is 13.7 Å². The van der Waals surface area contributed by atoms with E-state index >= 15 is 0 Å². The molecule has 0 saturated heterocycles. The van der Waals surface area contributed by atoms with Gasteiger partial charge in [-0.05, 0) is 48.5 Å². The van der Waals surface area contributed by atoms with E-state index in [0.717, 1.165) is 10.6 Å². The summed E-state index contributed by atoms with van der Waals surface area (Å²) in [4.78, 5) is 5.40. The largest absolute Gasteiger partial charge is 0.497 e. The molecule has 0 spiro atoms. The van der Waals surface area contributed by atoms with Crippen molar-refractivity contribution in [2.24, 2.45) is 0 Å². The van der Waals surface area contributed by atoms with Gasteiger partial charge in [0.1, 0.15) is 11.6 Å². The van der Waals surface area contributed by atoms with Gasteiger partial charge in [-0.25, -0.2) is 4.39 Å². The molecule has 22 heavy (non-hydrogen) atoms. The molecule has 4 nitrogen and oxygen atoms in total. The molecule has 112 valence electrons. The fourth-order valence-corrected chi connectivity index (χ4v) is 2.58. The summed E-state index contributed by atoms with van der Waals surface area (Å²) >= 11 is 1.60. The Balaban J connectivity index is 1.65. The SMILES string of the molecule is COc1ccc(SCc2noc(-c3ccc(F)cc3)n2)cc1. The smallest absolute Gasteiger partial charge is 0.257 e. The molecule has 0 bridgehead atoms. The first kappa shape index (κ1) is 14.6. The van der Waals surface area contributed by atoms with Gasteiger partial charge in [-0.1, -0.05) is 5.16 Å². The molecule has 3 aromatic rings. The maximum Gasteiger partial charge on any atom is 0.257 e. The second-order valence-corrected chi connectivity index (χ2v) is 5.54. The van der Waals surface area contributed by atoms with Gasteiger partial charge in [0.25, 0.3) is 5.89 Å². The standard InChI is InChI=1S/C16H13FN2O2S/c1-20-13-6-8-14(9-7-13)22-10-15-18-16(21-19-15)11-2-4-12(17)5-3-11/h2-9H,10H2,1H3. The predicted octanol–water partition coefficient (Wildman–Crippen LogP) is 4.18. The summed E-state index contributed by atoms with van der Waals surface area (Å²) in [5.74, 6) is 2.11. The first-order chi connectivity index (χ1) is 10.7. The number of aromatic nitrogens is 2. The Morgan fingerprint density at radius 1 is 1.09 bits per heavy atom. The molecular weight excluding hydrogens is 303 g/mol. The van der Waals surface area contributed by atoms with Crippen LogP contribution in [0.5, 0.6) is 5.75 Å². The van der Waals surface area contributed by atoms with Crippen LogP contribution in [-0.2, 0) is 5.75 Å². The van der Waals surface area contributed by atoms with Crippen LogP contribution in [-0.4, -0.2) is 17.3 Å². The minimum atomic E-state index is -0.293. The molecule has 0 N–H and O–H groups in total. The molecule has 6 heteroatoms. The zero-order valence-electron chi connectivity index (χ0n) is 11.8. The quantitative estimate of drug-likeness (QED) is 0.661. The Bertz CT molecular complexity index is 742. The monoisotopic (exact) mass is 316 g/mol. The number of ether oxygens (including phenoxy) is 1. The molecule has 0 fully saturated rings. The Morgan fingerprint density at radius 2 is 1.82 bits per heavy atom. The van der Waals surface area contributed by atoms with Gasteiger partial charge in [0.2, 0.25) is 0 Å². The number of rotatable bonds is 5. The first-order valence-corrected chi connectivity index (χ1v) is 7.58. The van der Waals surface area contributed by atoms with Crippen LogP contribution in [0.2, 0.25) is 0 Å². The van der Waals surface area contributed by atoms with Gasteiger partial charge in [0, 0.05) is 10.5 Å². The topological polar surface area (TPSA) is 48.2 Å². The van der Waals surface area contributed by atoms with Gasteiger partial charge in [-0.2, -0.15) is 4.98 Å². The van der Waals surface area contributed by atoms with E-state index < -0.39 is 0 Å². The fraction of sp³-hybridized carbons (Fsp3) is 0.125. The average molecular weight is 316 g/mol. The lowest BCUT2D eigenvalue weighted by atomic mass is 10.2. The summed E-state index contributed by atoms with van der Waals surface area (Å²) in [6.45, 7) is 0. The molecular formula is C16H13FN2O2S. The van der Waals surface area contributed by atoms with Crippen molar-refractivity contribution in [1.29, 1.82) is 0 Å². The molecule has 0 aliphatic carbocycles. The van der Waals surface area contributed by atoms with Crippen LogP contribution >= 0.6 is 11.8 Å². The van der Waals surface area contributed by atoms with Crippen LogP contribution in [0.1, 0.15) is 5.82 Å². The number of nitrogens with zero attached hydrogens (tertiary/aromatic N) is 2. The van der Waals surface area contributed by atoms with E-state index in [2.05, 4.69) is 10.1 Å². The number of benzene rings is 2. The third-order valence-corrected chi connectivity index (χ3v) is 3.99. The van der Waals surface area contributed by atoms with Crippen molar-refractivity contribution in [3.05, 3.63) is 60.2 Å². The van der Waals surface area contributed by atoms with Crippen molar-refractivity contribution in [1.82, 2.24) is 10.1 Å². The van der Waals surface area contributed by atoms with Gasteiger partial charge in [-0.15, -0.1) is 11.8 Å². The molecule has 0 aliphatic rings. The van der Waals surface area contributed by atoms with Gasteiger partial charge >= 0.3 is 0 Å². The summed E-state index contributed by atoms with van der Waals surface area (Å²) in [7, 11) is 1.64. The summed E-state index contributed by atoms with van der Waals surface area (Å²) in [5, 5.41) is 3.94. The Labute approximate surface area is 131 Å². The normalized spacial score (nSPS) is 10.6. The lowest BCUT2D eigenvalue weighted by Gasteiger charge is -2.01. The highest BCUT2D eigenvalue weighted by atomic mass is 32.2. The molecule has 0 radical (unpaired) electrons. The van der Waals surface area contributed by atoms with Crippen molar-refractivity contribution >= 4 is 11.8 Å². The third-order valence-electron chi connectivity index (χ3n) is 2.99. The Morgan fingerprint density at radius 3 is 2.50 bits per heavy atom. The van der Waals surface area contributed by atoms with E-state index in [1.807, 2.05) is 24.3 Å². The zero-order valence-corrected chi connectivity index (χ0v) is 12.6. The number of thioether (sulfide) groups is 1. The maximum absolute atomic E-state index is 12.9. The Kier molecular flexibility index (Phi) is 4.39. The van der Waals surface area contributed by atoms with Gasteiger partial charge < -0.3 is 9.26 Å². The second kappa shape index (κ2) is 6.62. The summed E-state index contributed by atoms with van der Waals surface area (Å²) in [6, 6.07) is 13.7. The van der Waals surface area contributed by atoms with Crippen molar-refractivity contribution in [2.45, 2.75) is 10.6 Å². The third kappa shape index (κ3) is 3.46. The summed E-state index contributed by atoms with van der Waals surface area (Å²) in [6.07, 6.45) is 0. The van der Waals surface area contributed by atoms with Crippen LogP contribution in [0.25, 0.3) is 11.5 Å². The fourth-order valence-electron chi connectivity index (χ4n) is 1.84. The van der Waals surface area contributed by atoms with E-state index in [1.54, 1.807) is 31.0 Å². The number of hydrogen-bond donors (Lipinski definition) is 0. The lowest BCUT2D eigenvalue weighted by molar-refractivity contribution is 0.414. The minimum Gasteiger partial charge on any atom is -0.497 e. The van der Waals surface area contributed by atoms with E-state index in [1.165, 1.54) is 12.1 Å². The van der Waals surface area contributed by atoms with Crippen molar-refractivity contribution in [2.75, 3.05) is 7.11 Å². The van der Waals surface area contributed by atoms with E-state index in [-0.39, 0.29) is 5.82 Å². The van der Waals surface area contributed by atoms with E-state index in [4.69, 9.17) is 9.26 Å². The molecule has 0 atom stereocenters. The molecule has 1 aromatic heterocycles. The molecule has 2 aromatic carbocycles. The Hall–Kier alpha value is -2.34. The molecule has 3 rings (SSSR count). The van der Waals surface area contributed by atoms with Crippen molar-refractivity contribution in [3.63, 3.8) is 0 Å². The van der Waals surface area contributed by atoms with E-state index in [0.29, 0.717) is 23.0 Å². The first-order valence-electron chi connectivity index (χ1n) is 6.60. The van der Waals surface area contributed by atoms with Crippen LogP contribution < -0.4 is 4.74 Å². The lowest BCUT2D eigenvalue weighted by Crippen LogP contribution is -1.85. The molecule has 0 aliphatic heterocycles. The summed E-state index contributed by atoms with van der Waals surface area (Å²) < 4.78 is 23.2. The maximum atomic E-state index is 12.9. The van der Waals surface area contributed by atoms with Crippen LogP contribution in [0.4, 0.5) is 4.39 Å². The average Bonchev–Trinajstić information content (AvgIpc) is 3.03. The number of hydrogen-bond acceptors (Lipinski definition) is 5. The molecule has 0 saturated carbocycles. The predicted molar refractivity (Wildman–Crippen MR) is 82.2 cm³/mol. The van der Waals surface area contributed by atoms with Gasteiger partial charge in [-0.3, -0.25) is 0 Å². The zero-order chi connectivity index (χ0) is 15.4. The van der Waals surface area contributed by atoms with Gasteiger partial charge in [0.05, 0.1) is 12.9 Å². The summed E-state index contributed by atoms with van der Waals surface area (Å²) in [5.41, 5.74) is 0.703. The highest BCUT2D eigenvalue weighted by Gasteiger charge is 2.09. The minimum absolute atomic E-state index is 0.293. The van der Waals surface area contributed by atoms with Crippen LogP contribution in [0, 0.1) is 5.82 Å². The van der Waals surface area contributed by atoms with Crippen molar-refractivity contribution in [3.8, 4) is 17.2 Å². The second-order valence-electron chi connectivity index (χ2n) is 4.49. The molecule has 0 amide bonds.